The zero-order valence-electron chi connectivity index (χ0n) is 20.9. The van der Waals surface area contributed by atoms with Crippen LogP contribution in [0.15, 0.2) is 70.5 Å². The van der Waals surface area contributed by atoms with Crippen molar-refractivity contribution in [3.8, 4) is 22.6 Å². The Hall–Kier alpha value is -2.95. The number of fused-ring (bicyclic) bond motifs is 4. The van der Waals surface area contributed by atoms with Crippen LogP contribution < -0.4 is 9.47 Å². The van der Waals surface area contributed by atoms with Gasteiger partial charge in [0.2, 0.25) is 9.84 Å². The molecular formula is C29H30O8S. The standard InChI is InChI=1S/C29H30O8S/c1-34-29-28(36-20-12-13-22-21-8-4-5-9-24(21)38(32,33)25(22)15-20)27(31)26(30)23(37-29)16-35-19-11-10-17-6-2-3-7-18(17)14-19/h4-5,8-15,23,26-31H,2-3,6-7,16H2,1H3/t23-,26-,27+,28-,29-/m1/s1. The second-order valence-electron chi connectivity index (χ2n) is 9.95. The van der Waals surface area contributed by atoms with Crippen LogP contribution in [0, 0.1) is 0 Å². The third-order valence-electron chi connectivity index (χ3n) is 7.59. The molecule has 0 radical (unpaired) electrons. The molecule has 6 rings (SSSR count). The molecule has 0 saturated carbocycles. The zero-order valence-corrected chi connectivity index (χ0v) is 21.8. The molecule has 1 aliphatic carbocycles. The number of aliphatic hydroxyl groups excluding tert-OH is 2. The summed E-state index contributed by atoms with van der Waals surface area (Å²) in [7, 11) is -2.28. The molecule has 0 bridgehead atoms. The minimum absolute atomic E-state index is 0.0128. The van der Waals surface area contributed by atoms with E-state index in [1.165, 1.54) is 30.7 Å². The molecule has 0 spiro atoms. The van der Waals surface area contributed by atoms with Gasteiger partial charge in [-0.05, 0) is 73.2 Å². The van der Waals surface area contributed by atoms with Crippen LogP contribution in [0.3, 0.4) is 0 Å². The summed E-state index contributed by atoms with van der Waals surface area (Å²) in [5.74, 6) is 0.898. The molecule has 8 nitrogen and oxygen atoms in total. The van der Waals surface area contributed by atoms with E-state index in [-0.39, 0.29) is 22.1 Å². The number of ether oxygens (including phenoxy) is 4. The van der Waals surface area contributed by atoms with Gasteiger partial charge in [-0.15, -0.1) is 0 Å². The van der Waals surface area contributed by atoms with Crippen molar-refractivity contribution in [2.24, 2.45) is 0 Å². The molecule has 2 aliphatic heterocycles. The Labute approximate surface area is 221 Å². The topological polar surface area (TPSA) is 112 Å². The van der Waals surface area contributed by atoms with E-state index in [0.717, 1.165) is 19.3 Å². The number of hydrogen-bond donors (Lipinski definition) is 2. The van der Waals surface area contributed by atoms with Crippen molar-refractivity contribution in [1.29, 1.82) is 0 Å². The highest BCUT2D eigenvalue weighted by molar-refractivity contribution is 7.92. The number of hydrogen-bond acceptors (Lipinski definition) is 8. The SMILES string of the molecule is CO[C@@H]1O[C@H](COc2ccc3c(c2)CCCC3)[C@@H](O)[C@H](O)[C@H]1Oc1ccc2c(c1)S(=O)(=O)c1ccccc1-2. The fourth-order valence-electron chi connectivity index (χ4n) is 5.56. The van der Waals surface area contributed by atoms with Gasteiger partial charge in [0, 0.05) is 18.2 Å². The van der Waals surface area contributed by atoms with Crippen LogP contribution in [0.5, 0.6) is 11.5 Å². The van der Waals surface area contributed by atoms with E-state index in [2.05, 4.69) is 6.07 Å². The fourth-order valence-corrected chi connectivity index (χ4v) is 7.26. The Morgan fingerprint density at radius 1 is 0.868 bits per heavy atom. The maximum Gasteiger partial charge on any atom is 0.207 e. The summed E-state index contributed by atoms with van der Waals surface area (Å²) in [6.07, 6.45) is -1.20. The van der Waals surface area contributed by atoms with Crippen molar-refractivity contribution in [3.05, 3.63) is 71.8 Å². The van der Waals surface area contributed by atoms with Crippen LogP contribution >= 0.6 is 0 Å². The summed E-state index contributed by atoms with van der Waals surface area (Å²) in [4.78, 5) is 0.383. The molecule has 200 valence electrons. The Kier molecular flexibility index (Phi) is 6.65. The first-order chi connectivity index (χ1) is 18.4. The van der Waals surface area contributed by atoms with Gasteiger partial charge in [-0.1, -0.05) is 24.3 Å². The van der Waals surface area contributed by atoms with Crippen molar-refractivity contribution in [2.45, 2.75) is 66.2 Å². The quantitative estimate of drug-likeness (QED) is 0.385. The molecule has 3 aromatic rings. The second-order valence-corrected chi connectivity index (χ2v) is 11.8. The molecule has 3 aromatic carbocycles. The number of rotatable bonds is 6. The van der Waals surface area contributed by atoms with Crippen molar-refractivity contribution in [3.63, 3.8) is 0 Å². The summed E-state index contributed by atoms with van der Waals surface area (Å²) in [5.41, 5.74) is 3.86. The minimum Gasteiger partial charge on any atom is -0.491 e. The van der Waals surface area contributed by atoms with Crippen molar-refractivity contribution >= 4 is 9.84 Å². The molecular weight excluding hydrogens is 508 g/mol. The average molecular weight is 539 g/mol. The molecule has 0 unspecified atom stereocenters. The van der Waals surface area contributed by atoms with Gasteiger partial charge in [-0.2, -0.15) is 0 Å². The predicted octanol–water partition coefficient (Wildman–Crippen LogP) is 3.30. The van der Waals surface area contributed by atoms with E-state index in [0.29, 0.717) is 16.9 Å². The van der Waals surface area contributed by atoms with Crippen molar-refractivity contribution < 1.29 is 37.6 Å². The highest BCUT2D eigenvalue weighted by Crippen LogP contribution is 2.44. The molecule has 9 heteroatoms. The van der Waals surface area contributed by atoms with E-state index >= 15 is 0 Å². The Bertz CT molecular complexity index is 1450. The molecule has 2 heterocycles. The molecule has 3 aliphatic rings. The van der Waals surface area contributed by atoms with E-state index in [4.69, 9.17) is 18.9 Å². The predicted molar refractivity (Wildman–Crippen MR) is 138 cm³/mol. The van der Waals surface area contributed by atoms with E-state index < -0.39 is 40.5 Å². The van der Waals surface area contributed by atoms with E-state index in [1.54, 1.807) is 36.4 Å². The maximum atomic E-state index is 13.1. The summed E-state index contributed by atoms with van der Waals surface area (Å²) >= 11 is 0. The summed E-state index contributed by atoms with van der Waals surface area (Å²) in [6, 6.07) is 17.6. The second kappa shape index (κ2) is 9.98. The lowest BCUT2D eigenvalue weighted by atomic mass is 9.92. The molecule has 1 fully saturated rings. The van der Waals surface area contributed by atoms with Crippen LogP contribution in [0.1, 0.15) is 24.0 Å². The van der Waals surface area contributed by atoms with Gasteiger partial charge in [-0.25, -0.2) is 8.42 Å². The number of methoxy groups -OCH3 is 1. The maximum absolute atomic E-state index is 13.1. The first-order valence-corrected chi connectivity index (χ1v) is 14.3. The highest BCUT2D eigenvalue weighted by atomic mass is 32.2. The number of aliphatic hydroxyl groups is 2. The van der Waals surface area contributed by atoms with Crippen molar-refractivity contribution in [1.82, 2.24) is 0 Å². The van der Waals surface area contributed by atoms with Crippen LogP contribution in [-0.2, 0) is 32.2 Å². The van der Waals surface area contributed by atoms with Crippen LogP contribution in [0.4, 0.5) is 0 Å². The molecule has 0 aromatic heterocycles. The van der Waals surface area contributed by atoms with E-state index in [9.17, 15) is 18.6 Å². The third kappa shape index (κ3) is 4.38. The van der Waals surface area contributed by atoms with Gasteiger partial charge >= 0.3 is 0 Å². The van der Waals surface area contributed by atoms with Gasteiger partial charge in [0.1, 0.15) is 36.4 Å². The van der Waals surface area contributed by atoms with Gasteiger partial charge in [-0.3, -0.25) is 0 Å². The Morgan fingerprint density at radius 3 is 2.42 bits per heavy atom. The monoisotopic (exact) mass is 538 g/mol. The van der Waals surface area contributed by atoms with Crippen LogP contribution in [0.25, 0.3) is 11.1 Å². The lowest BCUT2D eigenvalue weighted by molar-refractivity contribution is -0.287. The van der Waals surface area contributed by atoms with E-state index in [1.807, 2.05) is 12.1 Å². The fraction of sp³-hybridized carbons (Fsp3) is 0.379. The largest absolute Gasteiger partial charge is 0.491 e. The molecule has 5 atom stereocenters. The Morgan fingerprint density at radius 2 is 1.61 bits per heavy atom. The van der Waals surface area contributed by atoms with Crippen LogP contribution in [0.2, 0.25) is 0 Å². The zero-order chi connectivity index (χ0) is 26.4. The lowest BCUT2D eigenvalue weighted by Gasteiger charge is -2.41. The first-order valence-electron chi connectivity index (χ1n) is 12.8. The molecule has 0 amide bonds. The van der Waals surface area contributed by atoms with Crippen LogP contribution in [-0.4, -0.2) is 63.1 Å². The number of benzene rings is 3. The molecule has 1 saturated heterocycles. The summed E-state index contributed by atoms with van der Waals surface area (Å²) in [5, 5.41) is 21.8. The smallest absolute Gasteiger partial charge is 0.207 e. The van der Waals surface area contributed by atoms with Gasteiger partial charge in [0.25, 0.3) is 0 Å². The minimum atomic E-state index is -3.69. The highest BCUT2D eigenvalue weighted by Gasteiger charge is 2.47. The molecule has 38 heavy (non-hydrogen) atoms. The van der Waals surface area contributed by atoms with Crippen molar-refractivity contribution in [2.75, 3.05) is 13.7 Å². The number of sulfone groups is 1. The average Bonchev–Trinajstić information content (AvgIpc) is 3.17. The Balaban J connectivity index is 1.17. The summed E-state index contributed by atoms with van der Waals surface area (Å²) in [6.45, 7) is 0.0128. The molecule has 2 N–H and O–H groups in total. The number of aryl methyl sites for hydroxylation is 2. The van der Waals surface area contributed by atoms with Gasteiger partial charge in [0.15, 0.2) is 12.4 Å². The van der Waals surface area contributed by atoms with Gasteiger partial charge < -0.3 is 29.2 Å². The normalized spacial score (nSPS) is 27.2. The van der Waals surface area contributed by atoms with Gasteiger partial charge in [0.05, 0.1) is 9.79 Å². The summed E-state index contributed by atoms with van der Waals surface area (Å²) < 4.78 is 49.4. The first kappa shape index (κ1) is 25.3. The third-order valence-corrected chi connectivity index (χ3v) is 9.44. The lowest BCUT2D eigenvalue weighted by Crippen LogP contribution is -2.61.